The molecule has 9 heteroatoms. The van der Waals surface area contributed by atoms with Crippen LogP contribution in [0.4, 0.5) is 0 Å². The molecular weight excluding hydrogens is 459 g/mol. The van der Waals surface area contributed by atoms with E-state index in [-0.39, 0.29) is 105 Å². The van der Waals surface area contributed by atoms with E-state index in [1.54, 1.807) is 0 Å². The standard InChI is InChI=1S/3Ag.Ca.H3O4P.2H/c;;;;1-5(2,3)4;;/h;;;;(H3,1,2,3,4);;. The van der Waals surface area contributed by atoms with Gasteiger partial charge in [-0.3, -0.25) is 0 Å². The first kappa shape index (κ1) is 29.4. The fourth-order valence-corrected chi connectivity index (χ4v) is 0. The Labute approximate surface area is 129 Å². The molecule has 0 aliphatic rings. The van der Waals surface area contributed by atoms with Crippen LogP contribution in [0.1, 0.15) is 0 Å². The van der Waals surface area contributed by atoms with Gasteiger partial charge in [-0.2, -0.15) is 0 Å². The zero-order chi connectivity index (χ0) is 4.50. The Morgan fingerprint density at radius 3 is 0.889 bits per heavy atom. The Morgan fingerprint density at radius 2 is 0.889 bits per heavy atom. The van der Waals surface area contributed by atoms with Gasteiger partial charge in [0, 0.05) is 67.1 Å². The molecule has 0 aromatic carbocycles. The summed E-state index contributed by atoms with van der Waals surface area (Å²) in [6.07, 6.45) is 0. The van der Waals surface area contributed by atoms with Crippen molar-refractivity contribution in [3.63, 3.8) is 0 Å². The molecule has 0 saturated carbocycles. The van der Waals surface area contributed by atoms with E-state index in [0.29, 0.717) is 0 Å². The van der Waals surface area contributed by atoms with Crippen LogP contribution in [0.3, 0.4) is 0 Å². The predicted molar refractivity (Wildman–Crippen MR) is 22.8 cm³/mol. The van der Waals surface area contributed by atoms with E-state index in [1.807, 2.05) is 0 Å². The monoisotopic (exact) mass is 461 g/mol. The van der Waals surface area contributed by atoms with E-state index in [1.165, 1.54) is 0 Å². The van der Waals surface area contributed by atoms with Crippen molar-refractivity contribution in [2.24, 2.45) is 0 Å². The van der Waals surface area contributed by atoms with Crippen molar-refractivity contribution < 1.29 is 86.4 Å². The van der Waals surface area contributed by atoms with Gasteiger partial charge < -0.3 is 14.7 Å². The van der Waals surface area contributed by atoms with Gasteiger partial charge in [0.05, 0.1) is 0 Å². The normalized spacial score (nSPS) is 6.56. The molecule has 0 aliphatic heterocycles. The van der Waals surface area contributed by atoms with Crippen molar-refractivity contribution in [2.75, 3.05) is 0 Å². The van der Waals surface area contributed by atoms with Gasteiger partial charge in [0.15, 0.2) is 0 Å². The molecule has 0 spiro atoms. The molecule has 0 amide bonds. The molecule has 3 N–H and O–H groups in total. The number of hydrogen-bond acceptors (Lipinski definition) is 1. The molecule has 69 valence electrons. The molecule has 0 atom stereocenters. The van der Waals surface area contributed by atoms with Gasteiger partial charge in [-0.05, 0) is 0 Å². The molecule has 9 heavy (non-hydrogen) atoms. The van der Waals surface area contributed by atoms with E-state index < -0.39 is 7.82 Å². The van der Waals surface area contributed by atoms with Gasteiger partial charge in [-0.15, -0.1) is 0 Å². The molecule has 0 fully saturated rings. The molecule has 0 heterocycles. The molecule has 0 aromatic heterocycles. The maximum absolute atomic E-state index is 8.88. The van der Waals surface area contributed by atoms with Crippen LogP contribution < -0.4 is 0 Å². The summed E-state index contributed by atoms with van der Waals surface area (Å²) < 4.78 is 8.88. The van der Waals surface area contributed by atoms with Crippen LogP contribution in [0.25, 0.3) is 0 Å². The van der Waals surface area contributed by atoms with Crippen molar-refractivity contribution in [1.29, 1.82) is 0 Å². The van der Waals surface area contributed by atoms with Crippen LogP contribution in [0, 0.1) is 0 Å². The second-order valence-electron chi connectivity index (χ2n) is 0.513. The van der Waals surface area contributed by atoms with Gasteiger partial charge in [0.25, 0.3) is 0 Å². The first-order chi connectivity index (χ1) is 2.00. The third kappa shape index (κ3) is 82.7. The van der Waals surface area contributed by atoms with Crippen LogP contribution in [0.5, 0.6) is 0 Å². The summed E-state index contributed by atoms with van der Waals surface area (Å²) in [4.78, 5) is 21.6. The van der Waals surface area contributed by atoms with Crippen LogP contribution in [0.15, 0.2) is 0 Å². The van der Waals surface area contributed by atoms with E-state index in [4.69, 9.17) is 19.2 Å². The van der Waals surface area contributed by atoms with Gasteiger partial charge >= 0.3 is 45.6 Å². The van der Waals surface area contributed by atoms with Gasteiger partial charge in [-0.1, -0.05) is 0 Å². The van der Waals surface area contributed by atoms with Crippen molar-refractivity contribution in [1.82, 2.24) is 0 Å². The van der Waals surface area contributed by atoms with Crippen LogP contribution >= 0.6 is 7.82 Å². The average molecular weight is 464 g/mol. The first-order valence-corrected chi connectivity index (χ1v) is 2.35. The summed E-state index contributed by atoms with van der Waals surface area (Å²) in [5.74, 6) is 0. The first-order valence-electron chi connectivity index (χ1n) is 0.783. The summed E-state index contributed by atoms with van der Waals surface area (Å²) in [6, 6.07) is 0. The van der Waals surface area contributed by atoms with Gasteiger partial charge in [0.1, 0.15) is 0 Å². The molecule has 3 radical (unpaired) electrons. The van der Waals surface area contributed by atoms with Crippen LogP contribution in [0.2, 0.25) is 0 Å². The molecule has 0 saturated heterocycles. The summed E-state index contributed by atoms with van der Waals surface area (Å²) in [5, 5.41) is 0. The summed E-state index contributed by atoms with van der Waals surface area (Å²) in [7, 11) is -4.64. The van der Waals surface area contributed by atoms with Crippen LogP contribution in [-0.4, -0.2) is 52.4 Å². The fourth-order valence-electron chi connectivity index (χ4n) is 0. The summed E-state index contributed by atoms with van der Waals surface area (Å²) >= 11 is 0. The molecule has 0 aliphatic carbocycles. The SMILES string of the molecule is O=P(O)(O)O.[Ag].[Ag].[Ag].[CaH2]. The Kier molecular flexibility index (Phi) is 46.1. The number of hydrogen-bond donors (Lipinski definition) is 3. The Bertz CT molecular complexity index is 61.9. The van der Waals surface area contributed by atoms with Crippen molar-refractivity contribution >= 4 is 45.6 Å². The maximum atomic E-state index is 8.88. The topological polar surface area (TPSA) is 77.8 Å². The van der Waals surface area contributed by atoms with E-state index >= 15 is 0 Å². The Hall–Kier alpha value is 3.59. The third-order valence-corrected chi connectivity index (χ3v) is 0. The Morgan fingerprint density at radius 1 is 0.889 bits per heavy atom. The summed E-state index contributed by atoms with van der Waals surface area (Å²) in [5.41, 5.74) is 0. The average Bonchev–Trinajstić information content (AvgIpc) is 0.722. The van der Waals surface area contributed by atoms with Crippen molar-refractivity contribution in [3.05, 3.63) is 0 Å². The van der Waals surface area contributed by atoms with Gasteiger partial charge in [0.2, 0.25) is 0 Å². The zero-order valence-electron chi connectivity index (χ0n) is 3.10. The Balaban J connectivity index is -0.0000000133. The molecule has 4 nitrogen and oxygen atoms in total. The minimum absolute atomic E-state index is 0. The van der Waals surface area contributed by atoms with Crippen LogP contribution in [-0.2, 0) is 71.7 Å². The molecule has 0 aromatic rings. The quantitative estimate of drug-likeness (QED) is 0.291. The fraction of sp³-hybridized carbons (Fsp3) is 0. The molecule has 0 unspecified atom stereocenters. The summed E-state index contributed by atoms with van der Waals surface area (Å²) in [6.45, 7) is 0. The van der Waals surface area contributed by atoms with E-state index in [9.17, 15) is 0 Å². The molecule has 0 rings (SSSR count). The molecule has 0 bridgehead atoms. The zero-order valence-corrected chi connectivity index (χ0v) is 8.44. The number of rotatable bonds is 0. The van der Waals surface area contributed by atoms with E-state index in [0.717, 1.165) is 0 Å². The second-order valence-corrected chi connectivity index (χ2v) is 1.54. The number of phosphoric acid groups is 1. The predicted octanol–water partition coefficient (Wildman–Crippen LogP) is -1.85. The minimum atomic E-state index is -4.64. The second kappa shape index (κ2) is 14.1. The molecular formula is H5Ag3CaO4P. The van der Waals surface area contributed by atoms with Crippen molar-refractivity contribution in [3.8, 4) is 0 Å². The third-order valence-electron chi connectivity index (χ3n) is 0. The van der Waals surface area contributed by atoms with Crippen molar-refractivity contribution in [2.45, 2.75) is 0 Å². The van der Waals surface area contributed by atoms with E-state index in [2.05, 4.69) is 0 Å². The van der Waals surface area contributed by atoms with Gasteiger partial charge in [-0.25, -0.2) is 4.57 Å².